The number of allylic oxidation sites excluding steroid dienone is 2. The smallest absolute Gasteiger partial charge is 0 e. The molecule has 0 aliphatic heterocycles. The first-order chi connectivity index (χ1) is 23.2. The third-order valence-corrected chi connectivity index (χ3v) is 15.1. The second-order valence-electron chi connectivity index (χ2n) is 15.0. The van der Waals surface area contributed by atoms with Crippen molar-refractivity contribution < 1.29 is 34.4 Å². The van der Waals surface area contributed by atoms with Crippen LogP contribution in [0.5, 0.6) is 0 Å². The molecular weight excluding hydrogens is 857 g/mol. The third-order valence-electron chi connectivity index (χ3n) is 10.9. The number of aromatic nitrogens is 2. The van der Waals surface area contributed by atoms with Gasteiger partial charge in [-0.1, -0.05) is 41.5 Å². The number of ketones is 1. The Hall–Kier alpha value is -3.32. The van der Waals surface area contributed by atoms with Gasteiger partial charge in [-0.25, -0.2) is 0 Å². The minimum absolute atomic E-state index is 0. The number of rotatable bonds is 9. The second kappa shape index (κ2) is 15.5. The van der Waals surface area contributed by atoms with E-state index in [1.54, 1.807) is 6.33 Å². The number of fused-ring (bicyclic) bond motifs is 6. The first kappa shape index (κ1) is 39.5. The molecule has 0 amide bonds. The third kappa shape index (κ3) is 7.49. The molecular formula is C43H51GeIrN2O3-. The van der Waals surface area contributed by atoms with Gasteiger partial charge < -0.3 is 5.11 Å². The summed E-state index contributed by atoms with van der Waals surface area (Å²) in [6.45, 7) is 14.2. The van der Waals surface area contributed by atoms with E-state index < -0.39 is 13.3 Å². The van der Waals surface area contributed by atoms with Crippen LogP contribution in [-0.2, 0) is 24.9 Å². The summed E-state index contributed by atoms with van der Waals surface area (Å²) in [5.74, 6) is 7.58. The zero-order valence-corrected chi connectivity index (χ0v) is 35.7. The van der Waals surface area contributed by atoms with Gasteiger partial charge in [0.25, 0.3) is 0 Å². The van der Waals surface area contributed by atoms with E-state index in [9.17, 15) is 9.90 Å². The molecule has 6 rings (SSSR count). The molecule has 1 N–H and O–H groups in total. The minimum atomic E-state index is -2.12. The Labute approximate surface area is 313 Å². The molecule has 6 aromatic rings. The Bertz CT molecular complexity index is 2190. The predicted octanol–water partition coefficient (Wildman–Crippen LogP) is 11.7. The van der Waals surface area contributed by atoms with E-state index in [0.717, 1.165) is 69.8 Å². The van der Waals surface area contributed by atoms with Crippen LogP contribution >= 0.6 is 0 Å². The molecule has 0 saturated carbocycles. The topological polar surface area (TPSA) is 76.2 Å². The first-order valence-electron chi connectivity index (χ1n) is 17.7. The number of aliphatic hydroxyl groups excluding tert-OH is 1. The van der Waals surface area contributed by atoms with Crippen LogP contribution < -0.4 is 4.40 Å². The van der Waals surface area contributed by atoms with E-state index in [-0.39, 0.29) is 42.5 Å². The molecule has 0 bridgehead atoms. The van der Waals surface area contributed by atoms with Crippen LogP contribution in [0.2, 0.25) is 17.3 Å². The van der Waals surface area contributed by atoms with Crippen molar-refractivity contribution in [3.8, 4) is 11.3 Å². The predicted molar refractivity (Wildman–Crippen MR) is 209 cm³/mol. The van der Waals surface area contributed by atoms with E-state index in [4.69, 9.17) is 14.4 Å². The van der Waals surface area contributed by atoms with Gasteiger partial charge in [0.2, 0.25) is 0 Å². The van der Waals surface area contributed by atoms with Crippen LogP contribution in [0.3, 0.4) is 0 Å². The Morgan fingerprint density at radius 2 is 1.54 bits per heavy atom. The summed E-state index contributed by atoms with van der Waals surface area (Å²) in [7, 11) is 0. The van der Waals surface area contributed by atoms with Crippen LogP contribution in [0.4, 0.5) is 0 Å². The fourth-order valence-electron chi connectivity index (χ4n) is 6.43. The van der Waals surface area contributed by atoms with Crippen molar-refractivity contribution in [1.82, 2.24) is 9.97 Å². The Morgan fingerprint density at radius 3 is 2.18 bits per heavy atom. The molecule has 5 nitrogen and oxygen atoms in total. The van der Waals surface area contributed by atoms with Crippen LogP contribution in [0.25, 0.3) is 54.9 Å². The largest absolute Gasteiger partial charge is 0 e. The minimum Gasteiger partial charge on any atom is 0 e. The fraction of sp³-hybridized carbons (Fsp3) is 0.372. The first-order valence-corrected chi connectivity index (χ1v) is 25.0. The van der Waals surface area contributed by atoms with Crippen molar-refractivity contribution in [2.24, 2.45) is 10.8 Å². The Morgan fingerprint density at radius 1 is 0.880 bits per heavy atom. The fourth-order valence-corrected chi connectivity index (χ4v) is 9.81. The average Bonchev–Trinajstić information content (AvgIpc) is 3.47. The molecule has 2 heterocycles. The zero-order valence-electron chi connectivity index (χ0n) is 31.2. The Balaban J connectivity index is 0.000000269. The van der Waals surface area contributed by atoms with Crippen molar-refractivity contribution >= 4 is 67.1 Å². The van der Waals surface area contributed by atoms with Crippen LogP contribution in [-0.4, -0.2) is 34.1 Å². The van der Waals surface area contributed by atoms with E-state index in [1.165, 1.54) is 26.8 Å². The van der Waals surface area contributed by atoms with Gasteiger partial charge in [-0.15, -0.1) is 0 Å². The van der Waals surface area contributed by atoms with Crippen LogP contribution in [0.1, 0.15) is 72.8 Å². The number of hydrogen-bond donors (Lipinski definition) is 1. The maximum Gasteiger partial charge on any atom is 0 e. The second-order valence-corrected chi connectivity index (χ2v) is 25.5. The van der Waals surface area contributed by atoms with E-state index >= 15 is 0 Å². The van der Waals surface area contributed by atoms with Gasteiger partial charge in [0.15, 0.2) is 5.78 Å². The maximum atomic E-state index is 12.2. The zero-order chi connectivity index (χ0) is 35.7. The molecule has 50 heavy (non-hydrogen) atoms. The SMILES string of the molecule is CCC(C)(CC)C(=O)/C=C(\O)C(C)(CC)CC.Cc1ccc2c(c1)oc1c(-c3ncnc4c3ccc3ccc[c]([Ge]([CH3])([CH3])[CH3])c34)[c-]ccc12.[Ir]. The van der Waals surface area contributed by atoms with Crippen LogP contribution in [0.15, 0.2) is 83.2 Å². The molecule has 0 unspecified atom stereocenters. The summed E-state index contributed by atoms with van der Waals surface area (Å²) in [6, 6.07) is 24.8. The molecule has 0 spiro atoms. The molecule has 2 aromatic heterocycles. The van der Waals surface area contributed by atoms with Gasteiger partial charge >= 0.3 is 190 Å². The molecule has 0 aliphatic rings. The van der Waals surface area contributed by atoms with Gasteiger partial charge in [-0.05, 0) is 25.7 Å². The Kier molecular flexibility index (Phi) is 12.2. The number of aliphatic hydroxyl groups is 1. The van der Waals surface area contributed by atoms with Gasteiger partial charge in [0, 0.05) is 37.0 Å². The normalized spacial score (nSPS) is 12.6. The summed E-state index contributed by atoms with van der Waals surface area (Å²) in [6.07, 6.45) is 6.44. The molecule has 7 heteroatoms. The van der Waals surface area contributed by atoms with Crippen molar-refractivity contribution in [2.45, 2.75) is 91.4 Å². The monoisotopic (exact) mass is 910 g/mol. The van der Waals surface area contributed by atoms with Gasteiger partial charge in [-0.3, -0.25) is 4.79 Å². The van der Waals surface area contributed by atoms with Crippen molar-refractivity contribution in [3.05, 3.63) is 90.5 Å². The molecule has 0 fully saturated rings. The van der Waals surface area contributed by atoms with E-state index in [1.807, 2.05) is 47.6 Å². The average molecular weight is 909 g/mol. The summed E-state index contributed by atoms with van der Waals surface area (Å²) in [5, 5.41) is 15.9. The maximum absolute atomic E-state index is 12.2. The van der Waals surface area contributed by atoms with Crippen LogP contribution in [0, 0.1) is 23.8 Å². The number of carbonyl (C=O) groups excluding carboxylic acids is 1. The van der Waals surface area contributed by atoms with E-state index in [2.05, 4.69) is 84.9 Å². The number of nitrogens with zero attached hydrogens (tertiary/aromatic N) is 2. The number of furan rings is 1. The summed E-state index contributed by atoms with van der Waals surface area (Å²) in [5.41, 5.74) is 5.08. The molecule has 1 radical (unpaired) electrons. The molecule has 0 atom stereocenters. The number of aryl methyl sites for hydroxylation is 1. The summed E-state index contributed by atoms with van der Waals surface area (Å²) in [4.78, 5) is 21.7. The summed E-state index contributed by atoms with van der Waals surface area (Å²) >= 11 is -2.12. The molecule has 4 aromatic carbocycles. The quantitative estimate of drug-likeness (QED) is 0.0514. The molecule has 0 aliphatic carbocycles. The summed E-state index contributed by atoms with van der Waals surface area (Å²) < 4.78 is 7.82. The number of carbonyl (C=O) groups is 1. The van der Waals surface area contributed by atoms with Gasteiger partial charge in [0.1, 0.15) is 5.76 Å². The number of benzene rings is 4. The van der Waals surface area contributed by atoms with Gasteiger partial charge in [0.05, 0.1) is 0 Å². The molecule has 0 saturated heterocycles. The number of hydrogen-bond acceptors (Lipinski definition) is 5. The molecule has 265 valence electrons. The van der Waals surface area contributed by atoms with Gasteiger partial charge in [-0.2, -0.15) is 0 Å². The van der Waals surface area contributed by atoms with Crippen molar-refractivity contribution in [2.75, 3.05) is 0 Å². The van der Waals surface area contributed by atoms with Crippen molar-refractivity contribution in [1.29, 1.82) is 0 Å². The van der Waals surface area contributed by atoms with E-state index in [0.29, 0.717) is 0 Å². The van der Waals surface area contributed by atoms with Crippen molar-refractivity contribution in [3.63, 3.8) is 0 Å². The standard InChI is InChI=1S/C28H23GeN2O.C15H28O2.Ir/c1-17-11-13-19-20-8-6-9-22(28(20)32-24(19)15-17)26-21-14-12-18-7-5-10-23(29(2,3)4)25(18)27(21)31-16-30-26;1-7-14(5,8-2)12(16)11-13(17)15(6,9-3)10-4;/h5-8,10-16H,1-4H3;11,16H,7-10H2,1-6H3;/q-1;;/b;12-11-;.